The Morgan fingerprint density at radius 2 is 1.65 bits per heavy atom. The second-order valence-corrected chi connectivity index (χ2v) is 6.99. The zero-order chi connectivity index (χ0) is 18.5. The number of aromatic nitrogens is 2. The summed E-state index contributed by atoms with van der Waals surface area (Å²) in [5, 5.41) is 10.2. The number of hydrogen-bond acceptors (Lipinski definition) is 5. The van der Waals surface area contributed by atoms with Gasteiger partial charge in [0, 0.05) is 37.6 Å². The Balaban J connectivity index is 1.42. The maximum Gasteiger partial charge on any atom is 0.225 e. The molecule has 0 aliphatic carbocycles. The van der Waals surface area contributed by atoms with E-state index >= 15 is 0 Å². The topological polar surface area (TPSA) is 52.5 Å². The van der Waals surface area contributed by atoms with Crippen molar-refractivity contribution in [2.75, 3.05) is 37.6 Å². The highest BCUT2D eigenvalue weighted by Crippen LogP contribution is 2.19. The van der Waals surface area contributed by atoms with E-state index in [2.05, 4.69) is 19.8 Å². The van der Waals surface area contributed by atoms with Crippen molar-refractivity contribution in [1.29, 1.82) is 0 Å². The third kappa shape index (κ3) is 4.99. The van der Waals surface area contributed by atoms with Crippen LogP contribution in [0.25, 0.3) is 0 Å². The van der Waals surface area contributed by atoms with E-state index in [1.165, 1.54) is 12.1 Å². The summed E-state index contributed by atoms with van der Waals surface area (Å²) in [4.78, 5) is 13.7. The molecule has 1 aromatic heterocycles. The van der Waals surface area contributed by atoms with Gasteiger partial charge in [0.1, 0.15) is 5.82 Å². The molecule has 140 valence electrons. The van der Waals surface area contributed by atoms with Gasteiger partial charge in [-0.1, -0.05) is 12.1 Å². The number of halogens is 1. The number of nitrogens with zero attached hydrogens (tertiary/aromatic N) is 4. The first kappa shape index (κ1) is 18.7. The lowest BCUT2D eigenvalue weighted by Crippen LogP contribution is -2.47. The summed E-state index contributed by atoms with van der Waals surface area (Å²) < 4.78 is 12.9. The molecule has 0 radical (unpaired) electrons. The number of hydrogen-bond donors (Lipinski definition) is 1. The van der Waals surface area contributed by atoms with Crippen LogP contribution in [0.2, 0.25) is 0 Å². The lowest BCUT2D eigenvalue weighted by Gasteiger charge is -2.35. The van der Waals surface area contributed by atoms with Crippen LogP contribution in [0.4, 0.5) is 10.3 Å². The van der Waals surface area contributed by atoms with Gasteiger partial charge >= 0.3 is 0 Å². The fraction of sp³-hybridized carbons (Fsp3) is 0.500. The Kier molecular flexibility index (Phi) is 6.16. The third-order valence-electron chi connectivity index (χ3n) is 4.83. The highest BCUT2D eigenvalue weighted by atomic mass is 19.1. The van der Waals surface area contributed by atoms with Gasteiger partial charge in [0.2, 0.25) is 5.95 Å². The molecule has 5 nitrogen and oxygen atoms in total. The molecule has 6 heteroatoms. The quantitative estimate of drug-likeness (QED) is 0.861. The Bertz CT molecular complexity index is 694. The first-order valence-corrected chi connectivity index (χ1v) is 9.24. The predicted octanol–water partition coefficient (Wildman–Crippen LogP) is 2.87. The maximum atomic E-state index is 12.9. The smallest absolute Gasteiger partial charge is 0.225 e. The summed E-state index contributed by atoms with van der Waals surface area (Å²) in [5.74, 6) is 0.556. The molecular formula is C20H27FN4O. The first-order valence-electron chi connectivity index (χ1n) is 9.24. The van der Waals surface area contributed by atoms with E-state index in [1.807, 2.05) is 19.9 Å². The molecule has 1 N–H and O–H groups in total. The van der Waals surface area contributed by atoms with Crippen molar-refractivity contribution in [2.24, 2.45) is 0 Å². The van der Waals surface area contributed by atoms with Crippen LogP contribution in [-0.4, -0.2) is 52.7 Å². The van der Waals surface area contributed by atoms with Crippen molar-refractivity contribution in [3.8, 4) is 0 Å². The number of rotatable bonds is 6. The highest BCUT2D eigenvalue weighted by molar-refractivity contribution is 5.32. The molecule has 0 amide bonds. The second-order valence-electron chi connectivity index (χ2n) is 6.99. The third-order valence-corrected chi connectivity index (χ3v) is 4.83. The van der Waals surface area contributed by atoms with Crippen LogP contribution < -0.4 is 4.90 Å². The monoisotopic (exact) mass is 358 g/mol. The van der Waals surface area contributed by atoms with Gasteiger partial charge in [0.25, 0.3) is 0 Å². The number of piperazine rings is 1. The van der Waals surface area contributed by atoms with Crippen LogP contribution in [0.3, 0.4) is 0 Å². The van der Waals surface area contributed by atoms with E-state index in [1.54, 1.807) is 12.1 Å². The minimum Gasteiger partial charge on any atom is -0.388 e. The molecule has 1 fully saturated rings. The van der Waals surface area contributed by atoms with Crippen LogP contribution in [0.1, 0.15) is 35.9 Å². The van der Waals surface area contributed by atoms with Crippen molar-refractivity contribution in [3.05, 3.63) is 53.1 Å². The standard InChI is InChI=1S/C20H27FN4O/c1-15-14-16(2)23-20(22-15)25-12-10-24(11-13-25)9-3-4-19(26)17-5-7-18(21)8-6-17/h5-8,14,19,26H,3-4,9-13H2,1-2H3. The SMILES string of the molecule is Cc1cc(C)nc(N2CCN(CCCC(O)c3ccc(F)cc3)CC2)n1. The molecule has 2 heterocycles. The van der Waals surface area contributed by atoms with E-state index in [0.717, 1.165) is 62.0 Å². The van der Waals surface area contributed by atoms with Crippen LogP contribution >= 0.6 is 0 Å². The molecule has 2 aromatic rings. The van der Waals surface area contributed by atoms with E-state index < -0.39 is 6.10 Å². The van der Waals surface area contributed by atoms with Crippen LogP contribution in [0.15, 0.2) is 30.3 Å². The predicted molar refractivity (Wildman–Crippen MR) is 101 cm³/mol. The number of aliphatic hydroxyl groups excluding tert-OH is 1. The minimum absolute atomic E-state index is 0.272. The largest absolute Gasteiger partial charge is 0.388 e. The average molecular weight is 358 g/mol. The van der Waals surface area contributed by atoms with Gasteiger partial charge in [-0.15, -0.1) is 0 Å². The van der Waals surface area contributed by atoms with Gasteiger partial charge in [-0.25, -0.2) is 14.4 Å². The molecular weight excluding hydrogens is 331 g/mol. The summed E-state index contributed by atoms with van der Waals surface area (Å²) in [7, 11) is 0. The van der Waals surface area contributed by atoms with Crippen LogP contribution in [0.5, 0.6) is 0 Å². The van der Waals surface area contributed by atoms with Crippen LogP contribution in [-0.2, 0) is 0 Å². The molecule has 0 bridgehead atoms. The zero-order valence-corrected chi connectivity index (χ0v) is 15.5. The lowest BCUT2D eigenvalue weighted by molar-refractivity contribution is 0.154. The summed E-state index contributed by atoms with van der Waals surface area (Å²) in [6, 6.07) is 8.09. The highest BCUT2D eigenvalue weighted by Gasteiger charge is 2.19. The Hall–Kier alpha value is -2.05. The molecule has 1 saturated heterocycles. The molecule has 1 aromatic carbocycles. The van der Waals surface area contributed by atoms with E-state index in [-0.39, 0.29) is 5.82 Å². The molecule has 0 spiro atoms. The van der Waals surface area contributed by atoms with Gasteiger partial charge in [-0.3, -0.25) is 4.90 Å². The Labute approximate surface area is 154 Å². The molecule has 26 heavy (non-hydrogen) atoms. The molecule has 3 rings (SSSR count). The second kappa shape index (κ2) is 8.56. The van der Waals surface area contributed by atoms with E-state index in [4.69, 9.17) is 0 Å². The summed E-state index contributed by atoms with van der Waals surface area (Å²) >= 11 is 0. The van der Waals surface area contributed by atoms with Crippen LogP contribution in [0, 0.1) is 19.7 Å². The molecule has 1 atom stereocenters. The van der Waals surface area contributed by atoms with E-state index in [0.29, 0.717) is 6.42 Å². The van der Waals surface area contributed by atoms with Crippen molar-refractivity contribution in [3.63, 3.8) is 0 Å². The van der Waals surface area contributed by atoms with Crippen molar-refractivity contribution in [2.45, 2.75) is 32.8 Å². The molecule has 1 unspecified atom stereocenters. The van der Waals surface area contributed by atoms with Crippen molar-refractivity contribution in [1.82, 2.24) is 14.9 Å². The number of benzene rings is 1. The number of aliphatic hydroxyl groups is 1. The van der Waals surface area contributed by atoms with Crippen molar-refractivity contribution < 1.29 is 9.50 Å². The summed E-state index contributed by atoms with van der Waals surface area (Å²) in [6.07, 6.45) is 1.07. The Morgan fingerprint density at radius 3 is 2.27 bits per heavy atom. The zero-order valence-electron chi connectivity index (χ0n) is 15.5. The van der Waals surface area contributed by atoms with Gasteiger partial charge in [0.15, 0.2) is 0 Å². The fourth-order valence-corrected chi connectivity index (χ4v) is 3.38. The molecule has 1 aliphatic heterocycles. The number of aryl methyl sites for hydroxylation is 2. The van der Waals surface area contributed by atoms with Gasteiger partial charge in [-0.2, -0.15) is 0 Å². The molecule has 1 aliphatic rings. The Morgan fingerprint density at radius 1 is 1.04 bits per heavy atom. The van der Waals surface area contributed by atoms with Gasteiger partial charge in [-0.05, 0) is 57.0 Å². The molecule has 0 saturated carbocycles. The maximum absolute atomic E-state index is 12.9. The first-order chi connectivity index (χ1) is 12.5. The van der Waals surface area contributed by atoms with Gasteiger partial charge in [0.05, 0.1) is 6.10 Å². The summed E-state index contributed by atoms with van der Waals surface area (Å²) in [5.41, 5.74) is 2.79. The van der Waals surface area contributed by atoms with E-state index in [9.17, 15) is 9.50 Å². The normalized spacial score (nSPS) is 16.7. The minimum atomic E-state index is -0.527. The van der Waals surface area contributed by atoms with Crippen molar-refractivity contribution >= 4 is 5.95 Å². The fourth-order valence-electron chi connectivity index (χ4n) is 3.38. The van der Waals surface area contributed by atoms with Gasteiger partial charge < -0.3 is 10.0 Å². The average Bonchev–Trinajstić information content (AvgIpc) is 2.62. The number of anilines is 1. The lowest BCUT2D eigenvalue weighted by atomic mass is 10.0. The summed E-state index contributed by atoms with van der Waals surface area (Å²) in [6.45, 7) is 8.75.